The van der Waals surface area contributed by atoms with Gasteiger partial charge in [-0.05, 0) is 38.1 Å². The molecule has 0 radical (unpaired) electrons. The van der Waals surface area contributed by atoms with Crippen molar-refractivity contribution in [3.8, 4) is 0 Å². The van der Waals surface area contributed by atoms with Crippen molar-refractivity contribution in [2.45, 2.75) is 25.7 Å². The average Bonchev–Trinajstić information content (AvgIpc) is 3.22. The van der Waals surface area contributed by atoms with Crippen molar-refractivity contribution >= 4 is 11.8 Å². The topological polar surface area (TPSA) is 61.4 Å². The predicted molar refractivity (Wildman–Crippen MR) is 69.0 cm³/mol. The number of nitrogens with zero attached hydrogens (tertiary/aromatic N) is 1. The van der Waals surface area contributed by atoms with Gasteiger partial charge in [0.2, 0.25) is 11.8 Å². The molecule has 1 atom stereocenters. The van der Waals surface area contributed by atoms with Crippen molar-refractivity contribution in [2.24, 2.45) is 11.8 Å². The molecule has 0 aromatic carbocycles. The lowest BCUT2D eigenvalue weighted by atomic mass is 9.97. The molecule has 0 aromatic rings. The standard InChI is InChI=1S/C13H23N3O2/c1-14-13(18)11-3-2-6-16(9-11)12(17)8-15-7-10-4-5-10/h10-11,15H,2-9H2,1H3,(H,14,18). The van der Waals surface area contributed by atoms with Crippen molar-refractivity contribution < 1.29 is 9.59 Å². The first-order valence-corrected chi connectivity index (χ1v) is 6.90. The van der Waals surface area contributed by atoms with Crippen molar-refractivity contribution in [1.29, 1.82) is 0 Å². The van der Waals surface area contributed by atoms with E-state index >= 15 is 0 Å². The van der Waals surface area contributed by atoms with Crippen LogP contribution in [0.4, 0.5) is 0 Å². The predicted octanol–water partition coefficient (Wildman–Crippen LogP) is -0.0294. The smallest absolute Gasteiger partial charge is 0.236 e. The molecule has 0 aromatic heterocycles. The van der Waals surface area contributed by atoms with Gasteiger partial charge in [-0.2, -0.15) is 0 Å². The first-order chi connectivity index (χ1) is 8.70. The highest BCUT2D eigenvalue weighted by atomic mass is 16.2. The van der Waals surface area contributed by atoms with E-state index in [0.29, 0.717) is 13.1 Å². The summed E-state index contributed by atoms with van der Waals surface area (Å²) in [5.41, 5.74) is 0. The molecule has 2 amide bonds. The van der Waals surface area contributed by atoms with Crippen molar-refractivity contribution in [3.63, 3.8) is 0 Å². The summed E-state index contributed by atoms with van der Waals surface area (Å²) in [5, 5.41) is 5.88. The minimum atomic E-state index is -0.0314. The Kier molecular flexibility index (Phi) is 4.58. The van der Waals surface area contributed by atoms with Crippen LogP contribution in [0.3, 0.4) is 0 Å². The first kappa shape index (κ1) is 13.3. The van der Waals surface area contributed by atoms with Crippen LogP contribution in [0.15, 0.2) is 0 Å². The average molecular weight is 253 g/mol. The molecule has 2 N–H and O–H groups in total. The quantitative estimate of drug-likeness (QED) is 0.723. The summed E-state index contributed by atoms with van der Waals surface area (Å²) in [6, 6.07) is 0. The SMILES string of the molecule is CNC(=O)C1CCCN(C(=O)CNCC2CC2)C1. The maximum atomic E-state index is 12.0. The van der Waals surface area contributed by atoms with E-state index in [1.165, 1.54) is 12.8 Å². The van der Waals surface area contributed by atoms with E-state index in [9.17, 15) is 9.59 Å². The van der Waals surface area contributed by atoms with E-state index in [1.54, 1.807) is 7.05 Å². The van der Waals surface area contributed by atoms with E-state index < -0.39 is 0 Å². The highest BCUT2D eigenvalue weighted by molar-refractivity contribution is 5.81. The molecule has 5 nitrogen and oxygen atoms in total. The van der Waals surface area contributed by atoms with Gasteiger partial charge in [-0.25, -0.2) is 0 Å². The van der Waals surface area contributed by atoms with Crippen molar-refractivity contribution in [2.75, 3.05) is 33.2 Å². The fraction of sp³-hybridized carbons (Fsp3) is 0.846. The third-order valence-electron chi connectivity index (χ3n) is 3.80. The normalized spacial score (nSPS) is 23.8. The summed E-state index contributed by atoms with van der Waals surface area (Å²) < 4.78 is 0. The van der Waals surface area contributed by atoms with Crippen LogP contribution in [0.5, 0.6) is 0 Å². The Balaban J connectivity index is 1.72. The molecule has 102 valence electrons. The second kappa shape index (κ2) is 6.18. The molecule has 18 heavy (non-hydrogen) atoms. The molecule has 2 aliphatic rings. The minimum Gasteiger partial charge on any atom is -0.359 e. The van der Waals surface area contributed by atoms with E-state index in [-0.39, 0.29) is 17.7 Å². The van der Waals surface area contributed by atoms with E-state index in [0.717, 1.165) is 31.8 Å². The van der Waals surface area contributed by atoms with Gasteiger partial charge in [-0.3, -0.25) is 9.59 Å². The number of carbonyl (C=O) groups is 2. The number of piperidine rings is 1. The van der Waals surface area contributed by atoms with Crippen LogP contribution in [0.25, 0.3) is 0 Å². The van der Waals surface area contributed by atoms with Gasteiger partial charge in [0.1, 0.15) is 0 Å². The van der Waals surface area contributed by atoms with Crippen LogP contribution in [0, 0.1) is 11.8 Å². The van der Waals surface area contributed by atoms with Gasteiger partial charge in [0, 0.05) is 20.1 Å². The summed E-state index contributed by atoms with van der Waals surface area (Å²) in [6.45, 7) is 2.73. The number of amides is 2. The molecular weight excluding hydrogens is 230 g/mol. The second-order valence-corrected chi connectivity index (χ2v) is 5.37. The summed E-state index contributed by atoms with van der Waals surface area (Å²) in [5.74, 6) is 0.941. The molecule has 1 saturated carbocycles. The molecule has 2 fully saturated rings. The molecule has 1 aliphatic carbocycles. The molecule has 2 rings (SSSR count). The van der Waals surface area contributed by atoms with Gasteiger partial charge >= 0.3 is 0 Å². The third-order valence-corrected chi connectivity index (χ3v) is 3.80. The minimum absolute atomic E-state index is 0.0314. The Labute approximate surface area is 108 Å². The van der Waals surface area contributed by atoms with Gasteiger partial charge in [0.25, 0.3) is 0 Å². The Hall–Kier alpha value is -1.10. The van der Waals surface area contributed by atoms with E-state index in [2.05, 4.69) is 10.6 Å². The first-order valence-electron chi connectivity index (χ1n) is 6.90. The zero-order chi connectivity index (χ0) is 13.0. The number of hydrogen-bond donors (Lipinski definition) is 2. The second-order valence-electron chi connectivity index (χ2n) is 5.37. The number of hydrogen-bond acceptors (Lipinski definition) is 3. The summed E-state index contributed by atoms with van der Waals surface area (Å²) in [6.07, 6.45) is 4.40. The Bertz CT molecular complexity index is 315. The number of rotatable bonds is 5. The lowest BCUT2D eigenvalue weighted by molar-refractivity contribution is -0.134. The van der Waals surface area contributed by atoms with E-state index in [4.69, 9.17) is 0 Å². The largest absolute Gasteiger partial charge is 0.359 e. The lowest BCUT2D eigenvalue weighted by Gasteiger charge is -2.32. The molecule has 1 saturated heterocycles. The third kappa shape index (κ3) is 3.70. The number of nitrogens with one attached hydrogen (secondary N) is 2. The van der Waals surface area contributed by atoms with Gasteiger partial charge < -0.3 is 15.5 Å². The Morgan fingerprint density at radius 3 is 2.72 bits per heavy atom. The van der Waals surface area contributed by atoms with Crippen molar-refractivity contribution in [1.82, 2.24) is 15.5 Å². The van der Waals surface area contributed by atoms with Gasteiger partial charge in [0.15, 0.2) is 0 Å². The zero-order valence-corrected chi connectivity index (χ0v) is 11.1. The molecule has 1 heterocycles. The summed E-state index contributed by atoms with van der Waals surface area (Å²) >= 11 is 0. The molecular formula is C13H23N3O2. The van der Waals surface area contributed by atoms with E-state index in [1.807, 2.05) is 4.90 Å². The zero-order valence-electron chi connectivity index (χ0n) is 11.1. The molecule has 1 unspecified atom stereocenters. The molecule has 5 heteroatoms. The summed E-state index contributed by atoms with van der Waals surface area (Å²) in [7, 11) is 1.65. The van der Waals surface area contributed by atoms with Gasteiger partial charge in [-0.1, -0.05) is 0 Å². The van der Waals surface area contributed by atoms with Crippen molar-refractivity contribution in [3.05, 3.63) is 0 Å². The molecule has 1 aliphatic heterocycles. The Morgan fingerprint density at radius 1 is 1.28 bits per heavy atom. The van der Waals surface area contributed by atoms with Crippen LogP contribution >= 0.6 is 0 Å². The lowest BCUT2D eigenvalue weighted by Crippen LogP contribution is -2.47. The fourth-order valence-electron chi connectivity index (χ4n) is 2.44. The number of likely N-dealkylation sites (tertiary alicyclic amines) is 1. The van der Waals surface area contributed by atoms with Gasteiger partial charge in [0.05, 0.1) is 12.5 Å². The molecule has 0 bridgehead atoms. The van der Waals surface area contributed by atoms with Gasteiger partial charge in [-0.15, -0.1) is 0 Å². The molecule has 0 spiro atoms. The Morgan fingerprint density at radius 2 is 2.06 bits per heavy atom. The van der Waals surface area contributed by atoms with Crippen LogP contribution in [-0.2, 0) is 9.59 Å². The fourth-order valence-corrected chi connectivity index (χ4v) is 2.44. The van der Waals surface area contributed by atoms with Crippen LogP contribution < -0.4 is 10.6 Å². The number of carbonyl (C=O) groups excluding carboxylic acids is 2. The highest BCUT2D eigenvalue weighted by Gasteiger charge is 2.28. The maximum absolute atomic E-state index is 12.0. The summed E-state index contributed by atoms with van der Waals surface area (Å²) in [4.78, 5) is 25.4. The maximum Gasteiger partial charge on any atom is 0.236 e. The highest BCUT2D eigenvalue weighted by Crippen LogP contribution is 2.27. The van der Waals surface area contributed by atoms with Crippen LogP contribution in [0.1, 0.15) is 25.7 Å². The van der Waals surface area contributed by atoms with Crippen LogP contribution in [0.2, 0.25) is 0 Å². The monoisotopic (exact) mass is 253 g/mol. The van der Waals surface area contributed by atoms with Crippen LogP contribution in [-0.4, -0.2) is 49.9 Å².